The summed E-state index contributed by atoms with van der Waals surface area (Å²) in [6.45, 7) is 1.94. The van der Waals surface area contributed by atoms with Gasteiger partial charge in [0.1, 0.15) is 5.76 Å². The van der Waals surface area contributed by atoms with Gasteiger partial charge in [-0.05, 0) is 19.1 Å². The van der Waals surface area contributed by atoms with Gasteiger partial charge >= 0.3 is 11.9 Å². The van der Waals surface area contributed by atoms with Crippen LogP contribution in [0.5, 0.6) is 11.5 Å². The number of fused-ring (bicyclic) bond motifs is 1. The van der Waals surface area contributed by atoms with Crippen molar-refractivity contribution in [2.24, 2.45) is 0 Å². The molecule has 0 radical (unpaired) electrons. The Morgan fingerprint density at radius 2 is 1.80 bits per heavy atom. The largest absolute Gasteiger partial charge is 0.493 e. The van der Waals surface area contributed by atoms with Crippen molar-refractivity contribution in [1.29, 1.82) is 0 Å². The maximum Gasteiger partial charge on any atom is 0.344 e. The molecule has 0 spiro atoms. The van der Waals surface area contributed by atoms with Crippen LogP contribution in [0.3, 0.4) is 0 Å². The third-order valence-electron chi connectivity index (χ3n) is 2.75. The van der Waals surface area contributed by atoms with Crippen LogP contribution in [0.25, 0.3) is 5.76 Å². The monoisotopic (exact) mass is 278 g/mol. The lowest BCUT2D eigenvalue weighted by Gasteiger charge is -2.08. The van der Waals surface area contributed by atoms with E-state index in [2.05, 4.69) is 0 Å². The Labute approximate surface area is 115 Å². The average Bonchev–Trinajstić information content (AvgIpc) is 2.73. The molecule has 0 bridgehead atoms. The second kappa shape index (κ2) is 5.64. The smallest absolute Gasteiger partial charge is 0.344 e. The Morgan fingerprint density at radius 1 is 1.20 bits per heavy atom. The summed E-state index contributed by atoms with van der Waals surface area (Å²) in [7, 11) is 2.95. The van der Waals surface area contributed by atoms with Crippen LogP contribution in [0.15, 0.2) is 18.2 Å². The zero-order chi connectivity index (χ0) is 14.7. The summed E-state index contributed by atoms with van der Waals surface area (Å²) < 4.78 is 20.1. The molecule has 0 fully saturated rings. The third kappa shape index (κ3) is 2.45. The summed E-state index contributed by atoms with van der Waals surface area (Å²) in [5.41, 5.74) is 0.791. The first kappa shape index (κ1) is 13.9. The van der Waals surface area contributed by atoms with Crippen LogP contribution in [0, 0.1) is 0 Å². The van der Waals surface area contributed by atoms with Crippen molar-refractivity contribution in [1.82, 2.24) is 0 Å². The van der Waals surface area contributed by atoms with Crippen LogP contribution in [0.4, 0.5) is 0 Å². The number of hydrogen-bond acceptors (Lipinski definition) is 6. The van der Waals surface area contributed by atoms with E-state index >= 15 is 0 Å². The summed E-state index contributed by atoms with van der Waals surface area (Å²) >= 11 is 0. The van der Waals surface area contributed by atoms with Crippen molar-refractivity contribution in [2.75, 3.05) is 20.8 Å². The number of ether oxygens (including phenoxy) is 4. The van der Waals surface area contributed by atoms with E-state index in [4.69, 9.17) is 18.9 Å². The minimum absolute atomic E-state index is 0.143. The first-order valence-corrected chi connectivity index (χ1v) is 5.97. The van der Waals surface area contributed by atoms with Gasteiger partial charge in [-0.2, -0.15) is 0 Å². The highest BCUT2D eigenvalue weighted by molar-refractivity contribution is 6.06. The van der Waals surface area contributed by atoms with Crippen LogP contribution in [-0.2, 0) is 14.3 Å². The lowest BCUT2D eigenvalue weighted by atomic mass is 10.1. The lowest BCUT2D eigenvalue weighted by molar-refractivity contribution is -0.137. The van der Waals surface area contributed by atoms with Gasteiger partial charge < -0.3 is 18.9 Å². The van der Waals surface area contributed by atoms with Gasteiger partial charge in [-0.1, -0.05) is 0 Å². The Hall–Kier alpha value is -2.50. The molecule has 1 aromatic rings. The van der Waals surface area contributed by atoms with E-state index in [1.165, 1.54) is 20.3 Å². The maximum atomic E-state index is 11.8. The average molecular weight is 278 g/mol. The van der Waals surface area contributed by atoms with Crippen LogP contribution in [0.2, 0.25) is 0 Å². The summed E-state index contributed by atoms with van der Waals surface area (Å²) in [4.78, 5) is 23.2. The molecule has 0 aliphatic carbocycles. The SMILES string of the molecule is CCOC(=O)/C=C1/OC(=O)c2cc(OC)c(OC)cc21. The molecule has 0 unspecified atom stereocenters. The fraction of sp³-hybridized carbons (Fsp3) is 0.286. The summed E-state index contributed by atoms with van der Waals surface area (Å²) in [6, 6.07) is 3.10. The van der Waals surface area contributed by atoms with Gasteiger partial charge in [0.15, 0.2) is 11.5 Å². The summed E-state index contributed by atoms with van der Waals surface area (Å²) in [5.74, 6) is -0.112. The minimum Gasteiger partial charge on any atom is -0.493 e. The highest BCUT2D eigenvalue weighted by Crippen LogP contribution is 2.38. The molecule has 0 saturated carbocycles. The molecule has 6 nitrogen and oxygen atoms in total. The topological polar surface area (TPSA) is 71.1 Å². The van der Waals surface area contributed by atoms with Crippen molar-refractivity contribution in [3.8, 4) is 11.5 Å². The van der Waals surface area contributed by atoms with Gasteiger partial charge in [0, 0.05) is 5.56 Å². The van der Waals surface area contributed by atoms with Gasteiger partial charge in [0.05, 0.1) is 32.5 Å². The molecule has 1 heterocycles. The molecule has 1 aromatic carbocycles. The number of esters is 2. The van der Waals surface area contributed by atoms with E-state index in [0.717, 1.165) is 6.08 Å². The van der Waals surface area contributed by atoms with Gasteiger partial charge in [0.25, 0.3) is 0 Å². The number of methoxy groups -OCH3 is 2. The lowest BCUT2D eigenvalue weighted by Crippen LogP contribution is -2.01. The number of rotatable bonds is 4. The first-order chi connectivity index (χ1) is 9.60. The molecule has 106 valence electrons. The highest BCUT2D eigenvalue weighted by atomic mass is 16.6. The van der Waals surface area contributed by atoms with Crippen molar-refractivity contribution in [2.45, 2.75) is 6.92 Å². The molecule has 1 aliphatic heterocycles. The van der Waals surface area contributed by atoms with Crippen LogP contribution in [-0.4, -0.2) is 32.8 Å². The molecule has 0 atom stereocenters. The number of carbonyl (C=O) groups excluding carboxylic acids is 2. The van der Waals surface area contributed by atoms with Gasteiger partial charge in [-0.3, -0.25) is 0 Å². The Bertz CT molecular complexity index is 588. The van der Waals surface area contributed by atoms with Crippen molar-refractivity contribution in [3.63, 3.8) is 0 Å². The Kier molecular flexibility index (Phi) is 3.93. The van der Waals surface area contributed by atoms with Gasteiger partial charge in [0.2, 0.25) is 0 Å². The van der Waals surface area contributed by atoms with E-state index < -0.39 is 11.9 Å². The second-order valence-electron chi connectivity index (χ2n) is 3.90. The summed E-state index contributed by atoms with van der Waals surface area (Å²) in [5, 5.41) is 0. The van der Waals surface area contributed by atoms with Crippen molar-refractivity contribution in [3.05, 3.63) is 29.3 Å². The Morgan fingerprint density at radius 3 is 2.35 bits per heavy atom. The molecule has 0 aromatic heterocycles. The molecule has 6 heteroatoms. The van der Waals surface area contributed by atoms with E-state index in [1.54, 1.807) is 13.0 Å². The standard InChI is InChI=1S/C14H14O6/c1-4-19-13(15)7-10-8-5-11(17-2)12(18-3)6-9(8)14(16)20-10/h5-7H,4H2,1-3H3/b10-7+. The number of cyclic esters (lactones) is 1. The van der Waals surface area contributed by atoms with Crippen LogP contribution < -0.4 is 9.47 Å². The molecule has 0 N–H and O–H groups in total. The fourth-order valence-electron chi connectivity index (χ4n) is 1.86. The fourth-order valence-corrected chi connectivity index (χ4v) is 1.86. The van der Waals surface area contributed by atoms with Crippen molar-refractivity contribution < 1.29 is 28.5 Å². The minimum atomic E-state index is -0.571. The molecule has 0 saturated heterocycles. The third-order valence-corrected chi connectivity index (χ3v) is 2.75. The first-order valence-electron chi connectivity index (χ1n) is 5.97. The Balaban J connectivity index is 2.47. The van der Waals surface area contributed by atoms with Gasteiger partial charge in [-0.25, -0.2) is 9.59 Å². The van der Waals surface area contributed by atoms with E-state index in [0.29, 0.717) is 22.6 Å². The van der Waals surface area contributed by atoms with E-state index in [1.807, 2.05) is 0 Å². The molecular formula is C14H14O6. The van der Waals surface area contributed by atoms with Crippen molar-refractivity contribution >= 4 is 17.7 Å². The molecule has 2 rings (SSSR count). The number of hydrogen-bond donors (Lipinski definition) is 0. The van der Waals surface area contributed by atoms with Crippen LogP contribution in [0.1, 0.15) is 22.8 Å². The van der Waals surface area contributed by atoms with E-state index in [-0.39, 0.29) is 12.4 Å². The molecule has 0 amide bonds. The number of benzene rings is 1. The highest BCUT2D eigenvalue weighted by Gasteiger charge is 2.29. The molecular weight excluding hydrogens is 264 g/mol. The van der Waals surface area contributed by atoms with Crippen LogP contribution >= 0.6 is 0 Å². The predicted octanol–water partition coefficient (Wildman–Crippen LogP) is 1.78. The maximum absolute atomic E-state index is 11.8. The number of carbonyl (C=O) groups is 2. The normalized spacial score (nSPS) is 14.8. The molecule has 20 heavy (non-hydrogen) atoms. The summed E-state index contributed by atoms with van der Waals surface area (Å²) in [6.07, 6.45) is 1.14. The zero-order valence-electron chi connectivity index (χ0n) is 11.4. The zero-order valence-corrected chi connectivity index (χ0v) is 11.4. The second-order valence-corrected chi connectivity index (χ2v) is 3.90. The van der Waals surface area contributed by atoms with Gasteiger partial charge in [-0.15, -0.1) is 0 Å². The predicted molar refractivity (Wildman–Crippen MR) is 69.6 cm³/mol. The van der Waals surface area contributed by atoms with E-state index in [9.17, 15) is 9.59 Å². The quantitative estimate of drug-likeness (QED) is 0.617. The molecule has 1 aliphatic rings.